The minimum absolute atomic E-state index is 0.00869. The molecular weight excluding hydrogens is 458 g/mol. The Hall–Kier alpha value is -3.33. The lowest BCUT2D eigenvalue weighted by Crippen LogP contribution is -2.45. The van der Waals surface area contributed by atoms with E-state index in [-0.39, 0.29) is 18.6 Å². The summed E-state index contributed by atoms with van der Waals surface area (Å²) >= 11 is 0. The van der Waals surface area contributed by atoms with E-state index in [1.807, 2.05) is 39.0 Å². The highest BCUT2D eigenvalue weighted by Gasteiger charge is 2.31. The van der Waals surface area contributed by atoms with Gasteiger partial charge in [-0.3, -0.25) is 4.79 Å². The molecule has 9 heteroatoms. The van der Waals surface area contributed by atoms with E-state index in [1.54, 1.807) is 7.11 Å². The fraction of sp³-hybridized carbons (Fsp3) is 0.519. The molecule has 0 saturated carbocycles. The number of aryl methyl sites for hydroxylation is 3. The van der Waals surface area contributed by atoms with Crippen LogP contribution in [0.25, 0.3) is 16.5 Å². The highest BCUT2D eigenvalue weighted by molar-refractivity contribution is 5.99. The van der Waals surface area contributed by atoms with Gasteiger partial charge in [-0.25, -0.2) is 0 Å². The van der Waals surface area contributed by atoms with Gasteiger partial charge < -0.3 is 28.9 Å². The number of carbonyl (C=O) groups excluding carboxylic acids is 1. The summed E-state index contributed by atoms with van der Waals surface area (Å²) in [6.07, 6.45) is 1.68. The van der Waals surface area contributed by atoms with Gasteiger partial charge in [0.15, 0.2) is 5.82 Å². The van der Waals surface area contributed by atoms with Crippen LogP contribution in [0.1, 0.15) is 43.8 Å². The van der Waals surface area contributed by atoms with Gasteiger partial charge in [-0.1, -0.05) is 0 Å². The molecule has 1 amide bonds. The predicted octanol–water partition coefficient (Wildman–Crippen LogP) is 3.77. The van der Waals surface area contributed by atoms with Crippen molar-refractivity contribution in [2.75, 3.05) is 45.0 Å². The highest BCUT2D eigenvalue weighted by Crippen LogP contribution is 2.39. The molecule has 0 radical (unpaired) electrons. The van der Waals surface area contributed by atoms with Crippen molar-refractivity contribution in [2.45, 2.75) is 47.5 Å². The van der Waals surface area contributed by atoms with E-state index in [0.29, 0.717) is 19.7 Å². The minimum Gasteiger partial charge on any atom is -0.494 e. The van der Waals surface area contributed by atoms with Crippen molar-refractivity contribution < 1.29 is 19.4 Å². The first-order valence-corrected chi connectivity index (χ1v) is 12.7. The number of carbonyl (C=O) groups is 1. The maximum atomic E-state index is 13.0. The molecule has 1 aliphatic rings. The second-order valence-corrected chi connectivity index (χ2v) is 9.25. The summed E-state index contributed by atoms with van der Waals surface area (Å²) in [7, 11) is 1.67. The van der Waals surface area contributed by atoms with E-state index in [0.717, 1.165) is 70.2 Å². The first-order valence-electron chi connectivity index (χ1n) is 12.7. The molecule has 36 heavy (non-hydrogen) atoms. The maximum absolute atomic E-state index is 13.0. The fourth-order valence-corrected chi connectivity index (χ4v) is 5.41. The zero-order valence-corrected chi connectivity index (χ0v) is 22.2. The van der Waals surface area contributed by atoms with Gasteiger partial charge in [-0.2, -0.15) is 5.10 Å². The molecule has 1 atom stereocenters. The number of fused-ring (bicyclic) bond motifs is 1. The Balaban J connectivity index is 1.81. The van der Waals surface area contributed by atoms with Gasteiger partial charge in [-0.15, -0.1) is 5.10 Å². The molecule has 1 aromatic carbocycles. The lowest BCUT2D eigenvalue weighted by Gasteiger charge is -2.35. The molecule has 1 unspecified atom stereocenters. The number of benzene rings is 1. The number of rotatable bonds is 8. The van der Waals surface area contributed by atoms with Crippen LogP contribution in [0, 0.1) is 26.7 Å². The number of aliphatic hydroxyl groups excluding tert-OH is 1. The Kier molecular flexibility index (Phi) is 7.68. The molecule has 4 rings (SSSR count). The largest absolute Gasteiger partial charge is 0.494 e. The van der Waals surface area contributed by atoms with Gasteiger partial charge in [-0.05, 0) is 59.6 Å². The van der Waals surface area contributed by atoms with Crippen molar-refractivity contribution in [1.82, 2.24) is 19.7 Å². The van der Waals surface area contributed by atoms with Gasteiger partial charge >= 0.3 is 0 Å². The van der Waals surface area contributed by atoms with Gasteiger partial charge in [0, 0.05) is 47.9 Å². The zero-order chi connectivity index (χ0) is 26.0. The molecule has 0 spiro atoms. The lowest BCUT2D eigenvalue weighted by molar-refractivity contribution is -0.139. The van der Waals surface area contributed by atoms with Crippen molar-refractivity contribution in [3.05, 3.63) is 35.3 Å². The summed E-state index contributed by atoms with van der Waals surface area (Å²) in [5, 5.41) is 20.9. The van der Waals surface area contributed by atoms with Gasteiger partial charge in [0.05, 0.1) is 31.0 Å². The number of methoxy groups -OCH3 is 1. The summed E-state index contributed by atoms with van der Waals surface area (Å²) in [5.74, 6) is 2.09. The van der Waals surface area contributed by atoms with Crippen LogP contribution in [0.2, 0.25) is 0 Å². The van der Waals surface area contributed by atoms with Crippen LogP contribution in [0.3, 0.4) is 0 Å². The number of anilines is 1. The average molecular weight is 496 g/mol. The number of piperidine rings is 1. The number of hydrogen-bond donors (Lipinski definition) is 1. The van der Waals surface area contributed by atoms with Crippen LogP contribution in [-0.2, 0) is 4.79 Å². The molecule has 1 fully saturated rings. The first-order chi connectivity index (χ1) is 17.4. The fourth-order valence-electron chi connectivity index (χ4n) is 5.41. The Bertz CT molecular complexity index is 1250. The van der Waals surface area contributed by atoms with Gasteiger partial charge in [0.2, 0.25) is 5.91 Å². The topological polar surface area (TPSA) is 93.0 Å². The average Bonchev–Trinajstić information content (AvgIpc) is 3.16. The summed E-state index contributed by atoms with van der Waals surface area (Å²) in [6, 6.07) is 5.88. The first kappa shape index (κ1) is 25.8. The normalized spacial score (nSPS) is 15.9. The number of ether oxygens (including phenoxy) is 2. The SMILES string of the molecule is CCOc1ccc(-n2c(C)c3c(C)nnc(N4CCCC(C(=O)N(CC)CO)C4)c3c2C)c(OC)c1. The van der Waals surface area contributed by atoms with E-state index in [2.05, 4.69) is 33.5 Å². The van der Waals surface area contributed by atoms with Crippen molar-refractivity contribution in [3.8, 4) is 17.2 Å². The Morgan fingerprint density at radius 2 is 1.92 bits per heavy atom. The predicted molar refractivity (Wildman–Crippen MR) is 140 cm³/mol. The molecule has 1 N–H and O–H groups in total. The summed E-state index contributed by atoms with van der Waals surface area (Å²) in [5.41, 5.74) is 3.88. The Morgan fingerprint density at radius 3 is 2.58 bits per heavy atom. The Morgan fingerprint density at radius 1 is 1.17 bits per heavy atom. The molecule has 3 heterocycles. The number of aromatic nitrogens is 3. The van der Waals surface area contributed by atoms with Crippen molar-refractivity contribution in [3.63, 3.8) is 0 Å². The molecule has 1 saturated heterocycles. The third kappa shape index (κ3) is 4.48. The van der Waals surface area contributed by atoms with Crippen molar-refractivity contribution in [2.24, 2.45) is 5.92 Å². The van der Waals surface area contributed by atoms with E-state index < -0.39 is 0 Å². The Labute approximate surface area is 212 Å². The lowest BCUT2D eigenvalue weighted by atomic mass is 9.96. The number of amides is 1. The van der Waals surface area contributed by atoms with E-state index >= 15 is 0 Å². The quantitative estimate of drug-likeness (QED) is 0.476. The van der Waals surface area contributed by atoms with Crippen LogP contribution in [0.4, 0.5) is 5.82 Å². The standard InChI is InChI=1S/C27H37N5O4/c1-7-30(16-33)27(34)20-10-9-13-31(15-20)26-25-19(5)32(18(4)24(25)17(3)28-29-26)22-12-11-21(36-8-2)14-23(22)35-6/h11-12,14,20,33H,7-10,13,15-16H2,1-6H3. The van der Waals surface area contributed by atoms with Crippen LogP contribution in [0.15, 0.2) is 18.2 Å². The maximum Gasteiger partial charge on any atom is 0.229 e. The zero-order valence-electron chi connectivity index (χ0n) is 22.2. The third-order valence-electron chi connectivity index (χ3n) is 7.16. The van der Waals surface area contributed by atoms with Crippen LogP contribution in [-0.4, -0.2) is 70.8 Å². The molecule has 0 bridgehead atoms. The minimum atomic E-state index is -0.258. The summed E-state index contributed by atoms with van der Waals surface area (Å²) in [6.45, 7) is 12.2. The second-order valence-electron chi connectivity index (χ2n) is 9.25. The van der Waals surface area contributed by atoms with Crippen molar-refractivity contribution in [1.29, 1.82) is 0 Å². The molecule has 3 aromatic rings. The number of hydrogen-bond acceptors (Lipinski definition) is 7. The third-order valence-corrected chi connectivity index (χ3v) is 7.16. The van der Waals surface area contributed by atoms with E-state index in [1.165, 1.54) is 4.90 Å². The molecule has 0 aliphatic carbocycles. The second kappa shape index (κ2) is 10.7. The molecule has 9 nitrogen and oxygen atoms in total. The summed E-state index contributed by atoms with van der Waals surface area (Å²) < 4.78 is 13.6. The van der Waals surface area contributed by atoms with Gasteiger partial charge in [0.25, 0.3) is 0 Å². The summed E-state index contributed by atoms with van der Waals surface area (Å²) in [4.78, 5) is 16.7. The van der Waals surface area contributed by atoms with E-state index in [4.69, 9.17) is 9.47 Å². The van der Waals surface area contributed by atoms with Crippen LogP contribution < -0.4 is 14.4 Å². The highest BCUT2D eigenvalue weighted by atomic mass is 16.5. The molecular formula is C27H37N5O4. The number of aliphatic hydroxyl groups is 1. The van der Waals surface area contributed by atoms with Crippen molar-refractivity contribution >= 4 is 22.5 Å². The monoisotopic (exact) mass is 495 g/mol. The van der Waals surface area contributed by atoms with E-state index in [9.17, 15) is 9.90 Å². The number of nitrogens with zero attached hydrogens (tertiary/aromatic N) is 5. The smallest absolute Gasteiger partial charge is 0.229 e. The molecule has 1 aliphatic heterocycles. The molecule has 194 valence electrons. The van der Waals surface area contributed by atoms with Crippen LogP contribution >= 0.6 is 0 Å². The van der Waals surface area contributed by atoms with Gasteiger partial charge in [0.1, 0.15) is 18.2 Å². The molecule has 2 aromatic heterocycles. The van der Waals surface area contributed by atoms with Crippen LogP contribution in [0.5, 0.6) is 11.5 Å².